The van der Waals surface area contributed by atoms with Crippen LogP contribution in [0.1, 0.15) is 25.3 Å². The number of nitriles is 1. The Bertz CT molecular complexity index is 480. The van der Waals surface area contributed by atoms with Gasteiger partial charge >= 0.3 is 0 Å². The second-order valence-corrected chi connectivity index (χ2v) is 5.42. The maximum atomic E-state index is 11.8. The second-order valence-electron chi connectivity index (χ2n) is 5.42. The normalized spacial score (nSPS) is 20.9. The Morgan fingerprint density at radius 2 is 2.25 bits per heavy atom. The van der Waals surface area contributed by atoms with Crippen LogP contribution in [0.25, 0.3) is 0 Å². The summed E-state index contributed by atoms with van der Waals surface area (Å²) in [4.78, 5) is 14.1. The number of likely N-dealkylation sites (tertiary alicyclic amines) is 1. The fourth-order valence-corrected chi connectivity index (χ4v) is 2.54. The number of hydrogen-bond donors (Lipinski definition) is 1. The molecule has 1 aromatic carbocycles. The van der Waals surface area contributed by atoms with Crippen molar-refractivity contribution in [3.63, 3.8) is 0 Å². The van der Waals surface area contributed by atoms with E-state index in [1.807, 2.05) is 24.3 Å². The highest BCUT2D eigenvalue weighted by Gasteiger charge is 2.23. The number of piperidine rings is 1. The Kier molecular flexibility index (Phi) is 5.14. The van der Waals surface area contributed by atoms with E-state index in [0.717, 1.165) is 32.5 Å². The Labute approximate surface area is 120 Å². The molecule has 0 spiro atoms. The van der Waals surface area contributed by atoms with Crippen LogP contribution >= 0.6 is 0 Å². The van der Waals surface area contributed by atoms with E-state index >= 15 is 0 Å². The molecule has 4 heteroatoms. The van der Waals surface area contributed by atoms with Gasteiger partial charge in [-0.25, -0.2) is 0 Å². The van der Waals surface area contributed by atoms with E-state index in [1.54, 1.807) is 6.92 Å². The summed E-state index contributed by atoms with van der Waals surface area (Å²) in [7, 11) is 0. The Morgan fingerprint density at radius 1 is 1.50 bits per heavy atom. The van der Waals surface area contributed by atoms with E-state index < -0.39 is 5.92 Å². The van der Waals surface area contributed by atoms with Crippen molar-refractivity contribution in [2.75, 3.05) is 13.1 Å². The standard InChI is InChI=1S/C16H21N3O/c1-13(10-17)16(20)18-15-8-5-9-19(12-15)11-14-6-3-2-4-7-14/h2-4,6-7,13,15H,5,8-9,11-12H2,1H3,(H,18,20). The predicted molar refractivity (Wildman–Crippen MR) is 77.7 cm³/mol. The molecule has 1 amide bonds. The number of benzene rings is 1. The summed E-state index contributed by atoms with van der Waals surface area (Å²) in [5, 5.41) is 11.7. The molecule has 1 saturated heterocycles. The van der Waals surface area contributed by atoms with Gasteiger partial charge in [0.05, 0.1) is 6.07 Å². The van der Waals surface area contributed by atoms with Gasteiger partial charge < -0.3 is 5.32 Å². The van der Waals surface area contributed by atoms with E-state index in [1.165, 1.54) is 5.56 Å². The first-order valence-electron chi connectivity index (χ1n) is 7.15. The van der Waals surface area contributed by atoms with Crippen molar-refractivity contribution >= 4 is 5.91 Å². The third-order valence-corrected chi connectivity index (χ3v) is 3.69. The number of hydrogen-bond acceptors (Lipinski definition) is 3. The van der Waals surface area contributed by atoms with Crippen molar-refractivity contribution in [1.29, 1.82) is 5.26 Å². The van der Waals surface area contributed by atoms with Gasteiger partial charge in [-0.05, 0) is 31.9 Å². The van der Waals surface area contributed by atoms with Crippen molar-refractivity contribution in [3.05, 3.63) is 35.9 Å². The molecule has 1 aromatic rings. The van der Waals surface area contributed by atoms with Gasteiger partial charge in [0.1, 0.15) is 5.92 Å². The number of amides is 1. The molecule has 1 fully saturated rings. The van der Waals surface area contributed by atoms with Crippen LogP contribution in [0.15, 0.2) is 30.3 Å². The summed E-state index contributed by atoms with van der Waals surface area (Å²) in [5.41, 5.74) is 1.30. The highest BCUT2D eigenvalue weighted by Crippen LogP contribution is 2.14. The molecule has 106 valence electrons. The SMILES string of the molecule is CC(C#N)C(=O)NC1CCCN(Cc2ccccc2)C1. The van der Waals surface area contributed by atoms with Gasteiger partial charge in [0, 0.05) is 19.1 Å². The van der Waals surface area contributed by atoms with E-state index in [0.29, 0.717) is 0 Å². The maximum Gasteiger partial charge on any atom is 0.237 e. The first kappa shape index (κ1) is 14.5. The van der Waals surface area contributed by atoms with Crippen molar-refractivity contribution < 1.29 is 4.79 Å². The van der Waals surface area contributed by atoms with Crippen molar-refractivity contribution in [2.45, 2.75) is 32.4 Å². The monoisotopic (exact) mass is 271 g/mol. The third-order valence-electron chi connectivity index (χ3n) is 3.69. The number of nitrogens with zero attached hydrogens (tertiary/aromatic N) is 2. The molecular formula is C16H21N3O. The molecule has 1 heterocycles. The van der Waals surface area contributed by atoms with Crippen LogP contribution in [0, 0.1) is 17.2 Å². The number of carbonyl (C=O) groups excluding carboxylic acids is 1. The maximum absolute atomic E-state index is 11.8. The summed E-state index contributed by atoms with van der Waals surface area (Å²) in [6, 6.07) is 12.5. The fourth-order valence-electron chi connectivity index (χ4n) is 2.54. The molecule has 0 radical (unpaired) electrons. The molecule has 1 N–H and O–H groups in total. The minimum absolute atomic E-state index is 0.154. The first-order chi connectivity index (χ1) is 9.69. The van der Waals surface area contributed by atoms with Crippen LogP contribution < -0.4 is 5.32 Å². The fraction of sp³-hybridized carbons (Fsp3) is 0.500. The first-order valence-corrected chi connectivity index (χ1v) is 7.15. The highest BCUT2D eigenvalue weighted by molar-refractivity contribution is 5.80. The van der Waals surface area contributed by atoms with Gasteiger partial charge in [-0.3, -0.25) is 9.69 Å². The van der Waals surface area contributed by atoms with Crippen LogP contribution in [0.2, 0.25) is 0 Å². The third kappa shape index (κ3) is 4.07. The Hall–Kier alpha value is -1.86. The molecule has 0 aliphatic carbocycles. The molecule has 2 atom stereocenters. The average molecular weight is 271 g/mol. The van der Waals surface area contributed by atoms with Gasteiger partial charge in [0.25, 0.3) is 0 Å². The van der Waals surface area contributed by atoms with Crippen LogP contribution in [0.5, 0.6) is 0 Å². The quantitative estimate of drug-likeness (QED) is 0.910. The topological polar surface area (TPSA) is 56.1 Å². The van der Waals surface area contributed by atoms with Crippen LogP contribution in [0.3, 0.4) is 0 Å². The molecule has 1 aliphatic rings. The lowest BCUT2D eigenvalue weighted by molar-refractivity contribution is -0.124. The highest BCUT2D eigenvalue weighted by atomic mass is 16.1. The molecule has 0 aromatic heterocycles. The van der Waals surface area contributed by atoms with Crippen molar-refractivity contribution in [3.8, 4) is 6.07 Å². The molecule has 0 saturated carbocycles. The summed E-state index contributed by atoms with van der Waals surface area (Å²) in [6.07, 6.45) is 2.08. The van der Waals surface area contributed by atoms with Gasteiger partial charge in [0.2, 0.25) is 5.91 Å². The minimum atomic E-state index is -0.570. The lowest BCUT2D eigenvalue weighted by Crippen LogP contribution is -2.48. The van der Waals surface area contributed by atoms with Gasteiger partial charge in [-0.1, -0.05) is 30.3 Å². The van der Waals surface area contributed by atoms with E-state index in [2.05, 4.69) is 22.3 Å². The summed E-state index contributed by atoms with van der Waals surface area (Å²) in [5.74, 6) is -0.724. The summed E-state index contributed by atoms with van der Waals surface area (Å²) < 4.78 is 0. The van der Waals surface area contributed by atoms with Crippen LogP contribution in [-0.2, 0) is 11.3 Å². The molecule has 0 bridgehead atoms. The zero-order valence-electron chi connectivity index (χ0n) is 11.9. The van der Waals surface area contributed by atoms with E-state index in [4.69, 9.17) is 5.26 Å². The molecule has 4 nitrogen and oxygen atoms in total. The van der Waals surface area contributed by atoms with Crippen molar-refractivity contribution in [1.82, 2.24) is 10.2 Å². The molecule has 20 heavy (non-hydrogen) atoms. The van der Waals surface area contributed by atoms with E-state index in [-0.39, 0.29) is 11.9 Å². The smallest absolute Gasteiger partial charge is 0.237 e. The van der Waals surface area contributed by atoms with Crippen LogP contribution in [-0.4, -0.2) is 29.9 Å². The largest absolute Gasteiger partial charge is 0.351 e. The lowest BCUT2D eigenvalue weighted by atomic mass is 10.0. The molecule has 2 rings (SSSR count). The average Bonchev–Trinajstić information content (AvgIpc) is 2.47. The number of rotatable bonds is 4. The van der Waals surface area contributed by atoms with Crippen molar-refractivity contribution in [2.24, 2.45) is 5.92 Å². The molecule has 2 unspecified atom stereocenters. The van der Waals surface area contributed by atoms with Gasteiger partial charge in [-0.2, -0.15) is 5.26 Å². The molecular weight excluding hydrogens is 250 g/mol. The van der Waals surface area contributed by atoms with Gasteiger partial charge in [0.15, 0.2) is 0 Å². The second kappa shape index (κ2) is 7.06. The van der Waals surface area contributed by atoms with E-state index in [9.17, 15) is 4.79 Å². The number of nitrogens with one attached hydrogen (secondary N) is 1. The Morgan fingerprint density at radius 3 is 2.95 bits per heavy atom. The number of carbonyl (C=O) groups is 1. The molecule has 1 aliphatic heterocycles. The van der Waals surface area contributed by atoms with Crippen LogP contribution in [0.4, 0.5) is 0 Å². The summed E-state index contributed by atoms with van der Waals surface area (Å²) in [6.45, 7) is 4.48. The lowest BCUT2D eigenvalue weighted by Gasteiger charge is -2.33. The zero-order chi connectivity index (χ0) is 14.4. The zero-order valence-corrected chi connectivity index (χ0v) is 11.9. The Balaban J connectivity index is 1.86. The minimum Gasteiger partial charge on any atom is -0.351 e. The predicted octanol–water partition coefficient (Wildman–Crippen LogP) is 1.93. The van der Waals surface area contributed by atoms with Gasteiger partial charge in [-0.15, -0.1) is 0 Å². The summed E-state index contributed by atoms with van der Waals surface area (Å²) >= 11 is 0.